The molecule has 70 valence electrons. The van der Waals surface area contributed by atoms with Crippen molar-refractivity contribution >= 4 is 0 Å². The maximum atomic E-state index is 5.16. The van der Waals surface area contributed by atoms with Crippen LogP contribution in [0, 0.1) is 5.41 Å². The molecule has 2 N–H and O–H groups in total. The van der Waals surface area contributed by atoms with Gasteiger partial charge in [-0.2, -0.15) is 0 Å². The molecule has 0 fully saturated rings. The van der Waals surface area contributed by atoms with Gasteiger partial charge in [0, 0.05) is 7.05 Å². The molecule has 12 heavy (non-hydrogen) atoms. The van der Waals surface area contributed by atoms with Crippen molar-refractivity contribution in [2.75, 3.05) is 7.05 Å². The van der Waals surface area contributed by atoms with Gasteiger partial charge in [-0.15, -0.1) is 5.48 Å². The Hall–Kier alpha value is -0.700. The molecule has 1 atom stereocenters. The molecule has 3 heteroatoms. The third-order valence-electron chi connectivity index (χ3n) is 1.75. The summed E-state index contributed by atoms with van der Waals surface area (Å²) in [6.45, 7) is 6.67. The van der Waals surface area contributed by atoms with E-state index >= 15 is 0 Å². The predicted molar refractivity (Wildman–Crippen MR) is 49.2 cm³/mol. The van der Waals surface area contributed by atoms with Crippen LogP contribution in [0.3, 0.4) is 0 Å². The van der Waals surface area contributed by atoms with E-state index in [0.29, 0.717) is 11.5 Å². The summed E-state index contributed by atoms with van der Waals surface area (Å²) in [6.07, 6.45) is 3.16. The van der Waals surface area contributed by atoms with Gasteiger partial charge in [0.2, 0.25) is 5.88 Å². The molecule has 1 aliphatic rings. The maximum Gasteiger partial charge on any atom is 0.209 e. The zero-order valence-corrected chi connectivity index (χ0v) is 8.27. The summed E-state index contributed by atoms with van der Waals surface area (Å²) in [4.78, 5) is 5.16. The lowest BCUT2D eigenvalue weighted by molar-refractivity contribution is 0.0942. The van der Waals surface area contributed by atoms with Gasteiger partial charge in [0.05, 0.1) is 6.04 Å². The molecule has 1 heterocycles. The Morgan fingerprint density at radius 3 is 2.67 bits per heavy atom. The number of hydroxylamine groups is 1. The molecule has 0 aromatic carbocycles. The Morgan fingerprint density at radius 2 is 2.25 bits per heavy atom. The Kier molecular flexibility index (Phi) is 2.62. The minimum atomic E-state index is 0.334. The van der Waals surface area contributed by atoms with Crippen LogP contribution < -0.4 is 10.8 Å². The number of rotatable bonds is 2. The summed E-state index contributed by atoms with van der Waals surface area (Å²) >= 11 is 0. The highest BCUT2D eigenvalue weighted by molar-refractivity contribution is 5.02. The van der Waals surface area contributed by atoms with Crippen molar-refractivity contribution in [1.82, 2.24) is 10.8 Å². The maximum absolute atomic E-state index is 5.16. The Bertz CT molecular complexity index is 181. The van der Waals surface area contributed by atoms with Crippen LogP contribution in [0.25, 0.3) is 0 Å². The molecular weight excluding hydrogens is 152 g/mol. The molecule has 0 spiro atoms. The summed E-state index contributed by atoms with van der Waals surface area (Å²) in [5, 5.41) is 2.96. The minimum absolute atomic E-state index is 0.334. The van der Waals surface area contributed by atoms with Crippen molar-refractivity contribution in [2.45, 2.75) is 33.2 Å². The summed E-state index contributed by atoms with van der Waals surface area (Å²) in [7, 11) is 1.85. The van der Waals surface area contributed by atoms with E-state index in [9.17, 15) is 0 Å². The fourth-order valence-electron chi connectivity index (χ4n) is 1.28. The highest BCUT2D eigenvalue weighted by Gasteiger charge is 2.22. The molecule has 0 saturated carbocycles. The van der Waals surface area contributed by atoms with Gasteiger partial charge in [-0.05, 0) is 17.9 Å². The van der Waals surface area contributed by atoms with E-state index in [1.807, 2.05) is 7.05 Å². The summed E-state index contributed by atoms with van der Waals surface area (Å²) in [6, 6.07) is 0.340. The number of hydrogen-bond acceptors (Lipinski definition) is 3. The van der Waals surface area contributed by atoms with E-state index in [1.54, 1.807) is 0 Å². The monoisotopic (exact) mass is 170 g/mol. The van der Waals surface area contributed by atoms with Crippen LogP contribution >= 0.6 is 0 Å². The molecule has 0 bridgehead atoms. The van der Waals surface area contributed by atoms with Crippen LogP contribution in [-0.2, 0) is 4.84 Å². The van der Waals surface area contributed by atoms with E-state index in [-0.39, 0.29) is 0 Å². The predicted octanol–water partition coefficient (Wildman–Crippen LogP) is 1.39. The second-order valence-electron chi connectivity index (χ2n) is 4.37. The summed E-state index contributed by atoms with van der Waals surface area (Å²) in [5.74, 6) is 0.823. The van der Waals surface area contributed by atoms with Gasteiger partial charge in [0.15, 0.2) is 0 Å². The van der Waals surface area contributed by atoms with Crippen molar-refractivity contribution in [2.24, 2.45) is 5.41 Å². The van der Waals surface area contributed by atoms with Crippen molar-refractivity contribution < 1.29 is 4.84 Å². The second-order valence-corrected chi connectivity index (χ2v) is 4.37. The summed E-state index contributed by atoms with van der Waals surface area (Å²) in [5.41, 5.74) is 3.29. The van der Waals surface area contributed by atoms with Crippen molar-refractivity contribution in [3.05, 3.63) is 12.0 Å². The number of nitrogens with one attached hydrogen (secondary N) is 2. The average Bonchev–Trinajstić information content (AvgIpc) is 2.32. The molecule has 0 aromatic rings. The van der Waals surface area contributed by atoms with Crippen LogP contribution in [0.4, 0.5) is 0 Å². The first kappa shape index (κ1) is 9.39. The highest BCUT2D eigenvalue weighted by Crippen LogP contribution is 2.23. The normalized spacial score (nSPS) is 23.3. The minimum Gasteiger partial charge on any atom is -0.391 e. The fourth-order valence-corrected chi connectivity index (χ4v) is 1.28. The SMILES string of the molecule is CNC1=CC(CC(C)(C)C)NO1. The average molecular weight is 170 g/mol. The van der Waals surface area contributed by atoms with Gasteiger partial charge in [-0.1, -0.05) is 20.8 Å². The first-order chi connectivity index (χ1) is 5.51. The molecule has 0 radical (unpaired) electrons. The van der Waals surface area contributed by atoms with Gasteiger partial charge in [0.25, 0.3) is 0 Å². The van der Waals surface area contributed by atoms with Crippen molar-refractivity contribution in [3.8, 4) is 0 Å². The van der Waals surface area contributed by atoms with Crippen molar-refractivity contribution in [1.29, 1.82) is 0 Å². The molecular formula is C9H18N2O. The quantitative estimate of drug-likeness (QED) is 0.657. The van der Waals surface area contributed by atoms with E-state index in [2.05, 4.69) is 37.6 Å². The van der Waals surface area contributed by atoms with Crippen LogP contribution in [0.5, 0.6) is 0 Å². The van der Waals surface area contributed by atoms with Gasteiger partial charge < -0.3 is 10.2 Å². The van der Waals surface area contributed by atoms with E-state index in [4.69, 9.17) is 4.84 Å². The molecule has 0 aromatic heterocycles. The van der Waals surface area contributed by atoms with Gasteiger partial charge in [-0.25, -0.2) is 0 Å². The lowest BCUT2D eigenvalue weighted by atomic mass is 9.88. The van der Waals surface area contributed by atoms with Gasteiger partial charge >= 0.3 is 0 Å². The van der Waals surface area contributed by atoms with Crippen molar-refractivity contribution in [3.63, 3.8) is 0 Å². The molecule has 3 nitrogen and oxygen atoms in total. The Morgan fingerprint density at radius 1 is 1.58 bits per heavy atom. The lowest BCUT2D eigenvalue weighted by Gasteiger charge is -2.20. The first-order valence-electron chi connectivity index (χ1n) is 4.33. The Balaban J connectivity index is 2.42. The number of hydrogen-bond donors (Lipinski definition) is 2. The smallest absolute Gasteiger partial charge is 0.209 e. The Labute approximate surface area is 74.1 Å². The molecule has 1 unspecified atom stereocenters. The largest absolute Gasteiger partial charge is 0.391 e. The first-order valence-corrected chi connectivity index (χ1v) is 4.33. The lowest BCUT2D eigenvalue weighted by Crippen LogP contribution is -2.26. The van der Waals surface area contributed by atoms with Gasteiger partial charge in [-0.3, -0.25) is 0 Å². The second kappa shape index (κ2) is 3.35. The molecule has 0 aliphatic carbocycles. The van der Waals surface area contributed by atoms with E-state index in [0.717, 1.165) is 12.3 Å². The standard InChI is InChI=1S/C9H18N2O/c1-9(2,3)6-7-5-8(10-4)12-11-7/h5,7,10-11H,6H2,1-4H3. The summed E-state index contributed by atoms with van der Waals surface area (Å²) < 4.78 is 0. The topological polar surface area (TPSA) is 33.3 Å². The van der Waals surface area contributed by atoms with Crippen LogP contribution in [0.15, 0.2) is 12.0 Å². The molecule has 0 saturated heterocycles. The molecule has 1 rings (SSSR count). The highest BCUT2D eigenvalue weighted by atomic mass is 16.7. The zero-order valence-electron chi connectivity index (χ0n) is 8.27. The third kappa shape index (κ3) is 2.74. The van der Waals surface area contributed by atoms with Crippen LogP contribution in [0.2, 0.25) is 0 Å². The fraction of sp³-hybridized carbons (Fsp3) is 0.778. The molecule has 0 amide bonds. The van der Waals surface area contributed by atoms with Crippen LogP contribution in [0.1, 0.15) is 27.2 Å². The third-order valence-corrected chi connectivity index (χ3v) is 1.75. The van der Waals surface area contributed by atoms with E-state index in [1.165, 1.54) is 0 Å². The zero-order chi connectivity index (χ0) is 9.19. The van der Waals surface area contributed by atoms with Crippen LogP contribution in [-0.4, -0.2) is 13.1 Å². The molecule has 1 aliphatic heterocycles. The van der Waals surface area contributed by atoms with E-state index < -0.39 is 0 Å². The van der Waals surface area contributed by atoms with Gasteiger partial charge in [0.1, 0.15) is 0 Å².